The molecular formula is C23H25N3. The summed E-state index contributed by atoms with van der Waals surface area (Å²) in [6, 6.07) is 22.7. The third-order valence-electron chi connectivity index (χ3n) is 4.51. The molecule has 26 heavy (non-hydrogen) atoms. The van der Waals surface area contributed by atoms with Gasteiger partial charge in [0.2, 0.25) is 0 Å². The molecule has 1 N–H and O–H groups in total. The molecule has 0 aliphatic rings. The van der Waals surface area contributed by atoms with Crippen LogP contribution in [0, 0.1) is 13.8 Å². The van der Waals surface area contributed by atoms with Crippen molar-refractivity contribution in [3.63, 3.8) is 0 Å². The minimum absolute atomic E-state index is 0.113. The summed E-state index contributed by atoms with van der Waals surface area (Å²) in [4.78, 5) is 9.59. The second-order valence-corrected chi connectivity index (χ2v) is 6.61. The number of nitrogens with zero attached hydrogens (tertiary/aromatic N) is 2. The van der Waals surface area contributed by atoms with E-state index in [0.717, 1.165) is 34.0 Å². The van der Waals surface area contributed by atoms with Gasteiger partial charge in [-0.2, -0.15) is 0 Å². The Morgan fingerprint density at radius 2 is 1.58 bits per heavy atom. The van der Waals surface area contributed by atoms with E-state index in [4.69, 9.17) is 9.98 Å². The van der Waals surface area contributed by atoms with Gasteiger partial charge in [-0.25, -0.2) is 4.98 Å². The number of hydrogen-bond donors (Lipinski definition) is 1. The number of hydrogen-bond acceptors (Lipinski definition) is 3. The molecule has 1 aromatic heterocycles. The maximum Gasteiger partial charge on any atom is 0.0846 e. The zero-order chi connectivity index (χ0) is 18.5. The second-order valence-electron chi connectivity index (χ2n) is 6.61. The second kappa shape index (κ2) is 7.96. The SMILES string of the molecule is C/C(=N\c1ccccc1C)c1cccc(C(C)Nc2ccccc2C)n1. The van der Waals surface area contributed by atoms with Crippen LogP contribution < -0.4 is 5.32 Å². The molecule has 132 valence electrons. The third kappa shape index (κ3) is 4.17. The van der Waals surface area contributed by atoms with E-state index in [1.807, 2.05) is 43.3 Å². The summed E-state index contributed by atoms with van der Waals surface area (Å²) in [6.45, 7) is 8.33. The van der Waals surface area contributed by atoms with Crippen LogP contribution in [0.15, 0.2) is 71.7 Å². The predicted octanol–water partition coefficient (Wildman–Crippen LogP) is 6.01. The molecule has 0 spiro atoms. The quantitative estimate of drug-likeness (QED) is 0.576. The molecule has 0 aliphatic heterocycles. The van der Waals surface area contributed by atoms with E-state index in [2.05, 4.69) is 56.4 Å². The van der Waals surface area contributed by atoms with Gasteiger partial charge in [0.05, 0.1) is 28.8 Å². The van der Waals surface area contributed by atoms with Crippen LogP contribution in [-0.2, 0) is 0 Å². The van der Waals surface area contributed by atoms with E-state index >= 15 is 0 Å². The van der Waals surface area contributed by atoms with Gasteiger partial charge in [0.1, 0.15) is 0 Å². The zero-order valence-corrected chi connectivity index (χ0v) is 15.8. The first kappa shape index (κ1) is 17.9. The third-order valence-corrected chi connectivity index (χ3v) is 4.51. The van der Waals surface area contributed by atoms with Gasteiger partial charge in [0.15, 0.2) is 0 Å². The minimum Gasteiger partial charge on any atom is -0.377 e. The number of aliphatic imine (C=N–C) groups is 1. The summed E-state index contributed by atoms with van der Waals surface area (Å²) in [7, 11) is 0. The minimum atomic E-state index is 0.113. The van der Waals surface area contributed by atoms with E-state index in [9.17, 15) is 0 Å². The van der Waals surface area contributed by atoms with Crippen LogP contribution in [0.25, 0.3) is 0 Å². The summed E-state index contributed by atoms with van der Waals surface area (Å²) in [6.07, 6.45) is 0. The Morgan fingerprint density at radius 1 is 0.885 bits per heavy atom. The van der Waals surface area contributed by atoms with Crippen molar-refractivity contribution >= 4 is 17.1 Å². The molecule has 1 atom stereocenters. The largest absolute Gasteiger partial charge is 0.377 e. The van der Waals surface area contributed by atoms with Crippen LogP contribution in [-0.4, -0.2) is 10.7 Å². The summed E-state index contributed by atoms with van der Waals surface area (Å²) in [5.74, 6) is 0. The Balaban J connectivity index is 1.84. The summed E-state index contributed by atoms with van der Waals surface area (Å²) >= 11 is 0. The maximum atomic E-state index is 4.83. The number of nitrogens with one attached hydrogen (secondary N) is 1. The highest BCUT2D eigenvalue weighted by atomic mass is 14.9. The Kier molecular flexibility index (Phi) is 5.47. The molecular weight excluding hydrogens is 318 g/mol. The van der Waals surface area contributed by atoms with Crippen molar-refractivity contribution in [3.8, 4) is 0 Å². The highest BCUT2D eigenvalue weighted by Crippen LogP contribution is 2.22. The Hall–Kier alpha value is -2.94. The lowest BCUT2D eigenvalue weighted by Crippen LogP contribution is -2.11. The number of benzene rings is 2. The van der Waals surface area contributed by atoms with Gasteiger partial charge in [-0.15, -0.1) is 0 Å². The molecule has 0 amide bonds. The molecule has 0 fully saturated rings. The first-order valence-electron chi connectivity index (χ1n) is 8.95. The molecule has 3 nitrogen and oxygen atoms in total. The number of para-hydroxylation sites is 2. The van der Waals surface area contributed by atoms with Crippen molar-refractivity contribution in [1.29, 1.82) is 0 Å². The predicted molar refractivity (Wildman–Crippen MR) is 111 cm³/mol. The van der Waals surface area contributed by atoms with Gasteiger partial charge in [-0.3, -0.25) is 4.99 Å². The van der Waals surface area contributed by atoms with Crippen LogP contribution in [0.2, 0.25) is 0 Å². The van der Waals surface area contributed by atoms with Crippen LogP contribution in [0.5, 0.6) is 0 Å². The fourth-order valence-corrected chi connectivity index (χ4v) is 2.86. The monoisotopic (exact) mass is 343 g/mol. The van der Waals surface area contributed by atoms with Gasteiger partial charge in [-0.1, -0.05) is 42.5 Å². The van der Waals surface area contributed by atoms with Gasteiger partial charge >= 0.3 is 0 Å². The van der Waals surface area contributed by atoms with E-state index in [0.29, 0.717) is 0 Å². The highest BCUT2D eigenvalue weighted by molar-refractivity contribution is 5.98. The standard InChI is InChI=1S/C23H25N3/c1-16-10-5-7-12-20(16)24-18(3)22-14-9-15-23(26-22)19(4)25-21-13-8-6-11-17(21)2/h5-15,18,24H,1-4H3/b25-19+. The molecule has 3 rings (SSSR count). The molecule has 0 saturated carbocycles. The molecule has 0 aliphatic carbocycles. The number of rotatable bonds is 5. The Bertz CT molecular complexity index is 928. The summed E-state index contributed by atoms with van der Waals surface area (Å²) in [5, 5.41) is 3.55. The van der Waals surface area contributed by atoms with Crippen molar-refractivity contribution in [2.75, 3.05) is 5.32 Å². The summed E-state index contributed by atoms with van der Waals surface area (Å²) < 4.78 is 0. The summed E-state index contributed by atoms with van der Waals surface area (Å²) in [5.41, 5.74) is 7.35. The molecule has 0 saturated heterocycles. The average Bonchev–Trinajstić information content (AvgIpc) is 2.65. The lowest BCUT2D eigenvalue weighted by molar-refractivity contribution is 0.835. The highest BCUT2D eigenvalue weighted by Gasteiger charge is 2.10. The van der Waals surface area contributed by atoms with Crippen LogP contribution in [0.3, 0.4) is 0 Å². The van der Waals surface area contributed by atoms with Crippen LogP contribution >= 0.6 is 0 Å². The van der Waals surface area contributed by atoms with Gasteiger partial charge < -0.3 is 5.32 Å². The van der Waals surface area contributed by atoms with Crippen molar-refractivity contribution < 1.29 is 0 Å². The lowest BCUT2D eigenvalue weighted by Gasteiger charge is -2.17. The fourth-order valence-electron chi connectivity index (χ4n) is 2.86. The van der Waals surface area contributed by atoms with E-state index in [-0.39, 0.29) is 6.04 Å². The molecule has 0 bridgehead atoms. The molecule has 1 heterocycles. The zero-order valence-electron chi connectivity index (χ0n) is 15.8. The number of anilines is 1. The molecule has 2 aromatic carbocycles. The fraction of sp³-hybridized carbons (Fsp3) is 0.217. The van der Waals surface area contributed by atoms with Crippen molar-refractivity contribution in [1.82, 2.24) is 4.98 Å². The topological polar surface area (TPSA) is 37.3 Å². The number of aromatic nitrogens is 1. The molecule has 0 radical (unpaired) electrons. The van der Waals surface area contributed by atoms with E-state index < -0.39 is 0 Å². The first-order valence-corrected chi connectivity index (χ1v) is 8.95. The Labute approximate surface area is 155 Å². The van der Waals surface area contributed by atoms with E-state index in [1.54, 1.807) is 0 Å². The van der Waals surface area contributed by atoms with Gasteiger partial charge in [0, 0.05) is 5.69 Å². The Morgan fingerprint density at radius 3 is 2.31 bits per heavy atom. The molecule has 3 heteroatoms. The number of aryl methyl sites for hydroxylation is 2. The van der Waals surface area contributed by atoms with Crippen molar-refractivity contribution in [3.05, 3.63) is 89.2 Å². The van der Waals surface area contributed by atoms with Gasteiger partial charge in [-0.05, 0) is 63.1 Å². The lowest BCUT2D eigenvalue weighted by atomic mass is 10.1. The van der Waals surface area contributed by atoms with E-state index in [1.165, 1.54) is 5.56 Å². The molecule has 3 aromatic rings. The first-order chi connectivity index (χ1) is 12.5. The average molecular weight is 343 g/mol. The smallest absolute Gasteiger partial charge is 0.0846 e. The molecule has 1 unspecified atom stereocenters. The van der Waals surface area contributed by atoms with Crippen molar-refractivity contribution in [2.24, 2.45) is 4.99 Å². The number of pyridine rings is 1. The van der Waals surface area contributed by atoms with Crippen LogP contribution in [0.4, 0.5) is 11.4 Å². The maximum absolute atomic E-state index is 4.83. The van der Waals surface area contributed by atoms with Crippen molar-refractivity contribution in [2.45, 2.75) is 33.7 Å². The van der Waals surface area contributed by atoms with Crippen LogP contribution in [0.1, 0.15) is 42.4 Å². The normalized spacial score (nSPS) is 12.7. The van der Waals surface area contributed by atoms with Gasteiger partial charge in [0.25, 0.3) is 0 Å².